The number of benzene rings is 1. The van der Waals surface area contributed by atoms with Crippen molar-refractivity contribution < 1.29 is 9.53 Å². The van der Waals surface area contributed by atoms with Gasteiger partial charge in [0.05, 0.1) is 12.6 Å². The summed E-state index contributed by atoms with van der Waals surface area (Å²) in [6.07, 6.45) is 2.72. The predicted molar refractivity (Wildman–Crippen MR) is 94.3 cm³/mol. The molecular formula is C18H21N3O2S. The second-order valence-corrected chi connectivity index (χ2v) is 7.20. The number of ether oxygens (including phenoxy) is 1. The van der Waals surface area contributed by atoms with E-state index < -0.39 is 0 Å². The van der Waals surface area contributed by atoms with Crippen LogP contribution in [-0.4, -0.2) is 48.1 Å². The molecule has 1 aromatic carbocycles. The van der Waals surface area contributed by atoms with Crippen LogP contribution in [0.1, 0.15) is 23.6 Å². The van der Waals surface area contributed by atoms with E-state index in [1.165, 1.54) is 5.56 Å². The molecule has 0 saturated carbocycles. The highest BCUT2D eigenvalue weighted by Crippen LogP contribution is 2.30. The average molecular weight is 343 g/mol. The van der Waals surface area contributed by atoms with E-state index in [1.54, 1.807) is 17.5 Å². The molecule has 6 heteroatoms. The number of hydrogen-bond donors (Lipinski definition) is 0. The van der Waals surface area contributed by atoms with Crippen molar-refractivity contribution in [3.05, 3.63) is 46.4 Å². The van der Waals surface area contributed by atoms with Gasteiger partial charge in [0, 0.05) is 36.9 Å². The molecule has 0 N–H and O–H groups in total. The number of rotatable bonds is 3. The smallest absolute Gasteiger partial charge is 0.244 e. The molecule has 126 valence electrons. The number of carbonyl (C=O) groups is 1. The Morgan fingerprint density at radius 1 is 1.38 bits per heavy atom. The maximum Gasteiger partial charge on any atom is 0.244 e. The summed E-state index contributed by atoms with van der Waals surface area (Å²) in [5, 5.41) is 2.96. The molecule has 4 rings (SSSR count). The molecule has 0 aliphatic carbocycles. The Morgan fingerprint density at radius 3 is 3.08 bits per heavy atom. The van der Waals surface area contributed by atoms with Crippen molar-refractivity contribution in [2.75, 3.05) is 31.1 Å². The number of hydrogen-bond acceptors (Lipinski definition) is 5. The van der Waals surface area contributed by atoms with E-state index >= 15 is 0 Å². The van der Waals surface area contributed by atoms with Crippen LogP contribution in [0.3, 0.4) is 0 Å². The molecule has 5 nitrogen and oxygen atoms in total. The van der Waals surface area contributed by atoms with Crippen molar-refractivity contribution in [3.63, 3.8) is 0 Å². The fraction of sp³-hybridized carbons (Fsp3) is 0.444. The fourth-order valence-corrected chi connectivity index (χ4v) is 4.19. The summed E-state index contributed by atoms with van der Waals surface area (Å²) in [5.41, 5.74) is 2.33. The van der Waals surface area contributed by atoms with Crippen LogP contribution in [0.4, 0.5) is 5.69 Å². The quantitative estimate of drug-likeness (QED) is 0.859. The van der Waals surface area contributed by atoms with Crippen molar-refractivity contribution >= 4 is 22.9 Å². The SMILES string of the molecule is C[C@H](C(=O)N1CCc2ccccc21)N1CCO[C@@H](c2nccs2)C1. The lowest BCUT2D eigenvalue weighted by Crippen LogP contribution is -2.51. The molecule has 1 aromatic heterocycles. The van der Waals surface area contributed by atoms with E-state index in [9.17, 15) is 4.79 Å². The van der Waals surface area contributed by atoms with Gasteiger partial charge in [0.15, 0.2) is 0 Å². The maximum absolute atomic E-state index is 13.0. The molecule has 2 atom stereocenters. The van der Waals surface area contributed by atoms with Gasteiger partial charge in [0.2, 0.25) is 5.91 Å². The number of fused-ring (bicyclic) bond motifs is 1. The molecule has 3 heterocycles. The second kappa shape index (κ2) is 6.63. The zero-order chi connectivity index (χ0) is 16.5. The molecule has 0 unspecified atom stereocenters. The van der Waals surface area contributed by atoms with Crippen molar-refractivity contribution in [1.82, 2.24) is 9.88 Å². The van der Waals surface area contributed by atoms with Gasteiger partial charge < -0.3 is 9.64 Å². The van der Waals surface area contributed by atoms with Crippen LogP contribution >= 0.6 is 11.3 Å². The van der Waals surface area contributed by atoms with Crippen LogP contribution in [0.25, 0.3) is 0 Å². The Labute approximate surface area is 145 Å². The number of thiazole rings is 1. The Bertz CT molecular complexity index is 719. The third-order valence-corrected chi connectivity index (χ3v) is 5.75. The highest BCUT2D eigenvalue weighted by molar-refractivity contribution is 7.09. The van der Waals surface area contributed by atoms with Crippen molar-refractivity contribution in [2.24, 2.45) is 0 Å². The average Bonchev–Trinajstić information content (AvgIpc) is 3.30. The molecule has 0 radical (unpaired) electrons. The van der Waals surface area contributed by atoms with Gasteiger partial charge in [-0.25, -0.2) is 4.98 Å². The molecule has 2 aliphatic heterocycles. The number of carbonyl (C=O) groups excluding carboxylic acids is 1. The molecule has 24 heavy (non-hydrogen) atoms. The summed E-state index contributed by atoms with van der Waals surface area (Å²) in [7, 11) is 0. The zero-order valence-electron chi connectivity index (χ0n) is 13.7. The minimum absolute atomic E-state index is 0.0279. The zero-order valence-corrected chi connectivity index (χ0v) is 14.5. The van der Waals surface area contributed by atoms with Gasteiger partial charge >= 0.3 is 0 Å². The number of para-hydroxylation sites is 1. The van der Waals surface area contributed by atoms with E-state index in [1.807, 2.05) is 35.4 Å². The second-order valence-electron chi connectivity index (χ2n) is 6.27. The van der Waals surface area contributed by atoms with Gasteiger partial charge in [-0.15, -0.1) is 11.3 Å². The first-order valence-electron chi connectivity index (χ1n) is 8.38. The minimum Gasteiger partial charge on any atom is -0.368 e. The van der Waals surface area contributed by atoms with Crippen LogP contribution in [0.2, 0.25) is 0 Å². The van der Waals surface area contributed by atoms with Gasteiger partial charge in [-0.3, -0.25) is 9.69 Å². The van der Waals surface area contributed by atoms with Gasteiger partial charge in [0.25, 0.3) is 0 Å². The first kappa shape index (κ1) is 15.7. The first-order valence-corrected chi connectivity index (χ1v) is 9.26. The number of amides is 1. The van der Waals surface area contributed by atoms with Gasteiger partial charge in [-0.2, -0.15) is 0 Å². The summed E-state index contributed by atoms with van der Waals surface area (Å²) < 4.78 is 5.85. The summed E-state index contributed by atoms with van der Waals surface area (Å²) in [6.45, 7) is 4.93. The number of nitrogens with zero attached hydrogens (tertiary/aromatic N) is 3. The molecular weight excluding hydrogens is 322 g/mol. The van der Waals surface area contributed by atoms with Crippen LogP contribution in [0, 0.1) is 0 Å². The standard InChI is InChI=1S/C18H21N3O2S/c1-13(18(22)21-8-6-14-4-2-3-5-15(14)21)20-9-10-23-16(12-20)17-19-7-11-24-17/h2-5,7,11,13,16H,6,8-10,12H2,1H3/t13-,16-/m1/s1. The van der Waals surface area contributed by atoms with Crippen LogP contribution in [0.5, 0.6) is 0 Å². The number of aromatic nitrogens is 1. The van der Waals surface area contributed by atoms with Crippen molar-refractivity contribution in [3.8, 4) is 0 Å². The number of morpholine rings is 1. The lowest BCUT2D eigenvalue weighted by molar-refractivity contribution is -0.126. The Kier molecular flexibility index (Phi) is 4.35. The predicted octanol–water partition coefficient (Wildman–Crippen LogP) is 2.49. The van der Waals surface area contributed by atoms with E-state index in [0.717, 1.165) is 36.8 Å². The van der Waals surface area contributed by atoms with Gasteiger partial charge in [-0.05, 0) is 25.0 Å². The fourth-order valence-electron chi connectivity index (χ4n) is 3.51. The summed E-state index contributed by atoms with van der Waals surface area (Å²) in [6, 6.07) is 8.05. The number of anilines is 1. The van der Waals surface area contributed by atoms with Crippen LogP contribution < -0.4 is 4.90 Å². The molecule has 1 amide bonds. The largest absolute Gasteiger partial charge is 0.368 e. The third kappa shape index (κ3) is 2.85. The van der Waals surface area contributed by atoms with Gasteiger partial charge in [0.1, 0.15) is 11.1 Å². The molecule has 2 aliphatic rings. The molecule has 0 bridgehead atoms. The topological polar surface area (TPSA) is 45.7 Å². The highest BCUT2D eigenvalue weighted by atomic mass is 32.1. The van der Waals surface area contributed by atoms with Crippen molar-refractivity contribution in [2.45, 2.75) is 25.5 Å². The Hall–Kier alpha value is -1.76. The van der Waals surface area contributed by atoms with Crippen LogP contribution in [0.15, 0.2) is 35.8 Å². The maximum atomic E-state index is 13.0. The lowest BCUT2D eigenvalue weighted by atomic mass is 10.1. The summed E-state index contributed by atoms with van der Waals surface area (Å²) in [5.74, 6) is 0.180. The monoisotopic (exact) mass is 343 g/mol. The Morgan fingerprint density at radius 2 is 2.25 bits per heavy atom. The normalized spacial score (nSPS) is 22.4. The van der Waals surface area contributed by atoms with Crippen molar-refractivity contribution in [1.29, 1.82) is 0 Å². The summed E-state index contributed by atoms with van der Waals surface area (Å²) in [4.78, 5) is 21.5. The molecule has 0 spiro atoms. The van der Waals surface area contributed by atoms with E-state index in [2.05, 4.69) is 16.0 Å². The molecule has 1 saturated heterocycles. The summed E-state index contributed by atoms with van der Waals surface area (Å²) >= 11 is 1.61. The molecule has 2 aromatic rings. The first-order chi connectivity index (χ1) is 11.7. The lowest BCUT2D eigenvalue weighted by Gasteiger charge is -2.36. The Balaban J connectivity index is 1.47. The van der Waals surface area contributed by atoms with E-state index in [0.29, 0.717) is 6.61 Å². The third-order valence-electron chi connectivity index (χ3n) is 4.88. The minimum atomic E-state index is -0.150. The van der Waals surface area contributed by atoms with Crippen LogP contribution in [-0.2, 0) is 16.0 Å². The highest BCUT2D eigenvalue weighted by Gasteiger charge is 2.34. The van der Waals surface area contributed by atoms with E-state index in [4.69, 9.17) is 4.74 Å². The van der Waals surface area contributed by atoms with E-state index in [-0.39, 0.29) is 18.1 Å². The molecule has 1 fully saturated rings. The van der Waals surface area contributed by atoms with Gasteiger partial charge in [-0.1, -0.05) is 18.2 Å².